The van der Waals surface area contributed by atoms with Gasteiger partial charge in [0.25, 0.3) is 5.91 Å². The van der Waals surface area contributed by atoms with Gasteiger partial charge in [-0.1, -0.05) is 74.5 Å². The minimum Gasteiger partial charge on any atom is -0.371 e. The van der Waals surface area contributed by atoms with Crippen LogP contribution in [0.2, 0.25) is 0 Å². The van der Waals surface area contributed by atoms with E-state index in [1.54, 1.807) is 4.90 Å². The molecule has 5 heteroatoms. The van der Waals surface area contributed by atoms with Gasteiger partial charge in [-0.05, 0) is 37.8 Å². The molecule has 0 saturated heterocycles. The van der Waals surface area contributed by atoms with Crippen LogP contribution in [0, 0.1) is 5.92 Å². The molecule has 5 nitrogen and oxygen atoms in total. The van der Waals surface area contributed by atoms with Gasteiger partial charge in [0.1, 0.15) is 11.7 Å². The highest BCUT2D eigenvalue weighted by molar-refractivity contribution is 6.07. The lowest BCUT2D eigenvalue weighted by molar-refractivity contribution is -0.136. The highest BCUT2D eigenvalue weighted by Crippen LogP contribution is 2.29. The maximum Gasteiger partial charge on any atom is 0.270 e. The van der Waals surface area contributed by atoms with Crippen molar-refractivity contribution < 1.29 is 9.59 Å². The van der Waals surface area contributed by atoms with Crippen molar-refractivity contribution in [2.75, 3.05) is 0 Å². The van der Waals surface area contributed by atoms with E-state index >= 15 is 0 Å². The molecule has 2 aromatic carbocycles. The Bertz CT molecular complexity index is 928. The minimum atomic E-state index is -0.428. The summed E-state index contributed by atoms with van der Waals surface area (Å²) in [5.41, 5.74) is 2.48. The van der Waals surface area contributed by atoms with E-state index in [1.165, 1.54) is 0 Å². The first-order valence-corrected chi connectivity index (χ1v) is 10.4. The first-order valence-electron chi connectivity index (χ1n) is 10.4. The average molecular weight is 406 g/mol. The van der Waals surface area contributed by atoms with Gasteiger partial charge < -0.3 is 10.6 Å². The molecule has 0 saturated carbocycles. The van der Waals surface area contributed by atoms with Crippen molar-refractivity contribution in [2.45, 2.75) is 52.7 Å². The number of hydrogen-bond acceptors (Lipinski definition) is 3. The molecule has 158 valence electrons. The largest absolute Gasteiger partial charge is 0.371 e. The van der Waals surface area contributed by atoms with Crippen molar-refractivity contribution in [3.8, 4) is 0 Å². The van der Waals surface area contributed by atoms with Crippen molar-refractivity contribution in [2.24, 2.45) is 5.92 Å². The summed E-state index contributed by atoms with van der Waals surface area (Å²) in [4.78, 5) is 28.5. The van der Waals surface area contributed by atoms with Gasteiger partial charge in [-0.15, -0.1) is 0 Å². The summed E-state index contributed by atoms with van der Waals surface area (Å²) in [6.07, 6.45) is 0. The molecule has 0 radical (unpaired) electrons. The van der Waals surface area contributed by atoms with E-state index in [9.17, 15) is 9.59 Å². The lowest BCUT2D eigenvalue weighted by Crippen LogP contribution is -2.56. The Morgan fingerprint density at radius 2 is 1.60 bits per heavy atom. The molecule has 3 rings (SSSR count). The van der Waals surface area contributed by atoms with Gasteiger partial charge in [-0.3, -0.25) is 14.5 Å². The monoisotopic (exact) mass is 405 g/mol. The lowest BCUT2D eigenvalue weighted by Gasteiger charge is -2.39. The maximum atomic E-state index is 13.5. The fourth-order valence-corrected chi connectivity index (χ4v) is 3.53. The molecule has 2 N–H and O–H groups in total. The zero-order valence-electron chi connectivity index (χ0n) is 18.4. The molecule has 0 aliphatic carbocycles. The second-order valence-electron chi connectivity index (χ2n) is 9.07. The summed E-state index contributed by atoms with van der Waals surface area (Å²) in [5, 5.41) is 6.42. The molecule has 30 heavy (non-hydrogen) atoms. The smallest absolute Gasteiger partial charge is 0.270 e. The van der Waals surface area contributed by atoms with Gasteiger partial charge in [0.15, 0.2) is 0 Å². The molecule has 1 aliphatic rings. The van der Waals surface area contributed by atoms with Crippen LogP contribution in [0.4, 0.5) is 0 Å². The Morgan fingerprint density at radius 3 is 2.13 bits per heavy atom. The summed E-state index contributed by atoms with van der Waals surface area (Å²) in [5.74, 6) is -0.283. The molecule has 0 fully saturated rings. The van der Waals surface area contributed by atoms with Crippen LogP contribution in [-0.4, -0.2) is 28.3 Å². The predicted molar refractivity (Wildman–Crippen MR) is 120 cm³/mol. The molecule has 0 spiro atoms. The number of benzene rings is 2. The third-order valence-corrected chi connectivity index (χ3v) is 4.95. The SMILES string of the molecule is CC(C)[C@@H]1NC(c2ccccc2)=C(C(=O)NC(C)(C)C)N(Cc2ccccc2)C1=O. The maximum absolute atomic E-state index is 13.5. The molecule has 1 aliphatic heterocycles. The van der Waals surface area contributed by atoms with Crippen LogP contribution < -0.4 is 10.6 Å². The summed E-state index contributed by atoms with van der Waals surface area (Å²) < 4.78 is 0. The molecular formula is C25H31N3O2. The van der Waals surface area contributed by atoms with E-state index in [-0.39, 0.29) is 17.7 Å². The predicted octanol–water partition coefficient (Wildman–Crippen LogP) is 3.93. The lowest BCUT2D eigenvalue weighted by atomic mass is 9.95. The number of nitrogens with one attached hydrogen (secondary N) is 2. The Labute approximate surface area is 179 Å². The topological polar surface area (TPSA) is 61.4 Å². The highest BCUT2D eigenvalue weighted by Gasteiger charge is 2.39. The number of rotatable bonds is 5. The number of hydrogen-bond donors (Lipinski definition) is 2. The Balaban J connectivity index is 2.17. The van der Waals surface area contributed by atoms with E-state index in [4.69, 9.17) is 0 Å². The molecule has 0 unspecified atom stereocenters. The third-order valence-electron chi connectivity index (χ3n) is 4.95. The normalized spacial score (nSPS) is 17.2. The zero-order chi connectivity index (χ0) is 21.9. The Morgan fingerprint density at radius 1 is 1.03 bits per heavy atom. The first-order chi connectivity index (χ1) is 14.2. The van der Waals surface area contributed by atoms with E-state index < -0.39 is 11.6 Å². The fourth-order valence-electron chi connectivity index (χ4n) is 3.53. The summed E-state index contributed by atoms with van der Waals surface area (Å²) in [6.45, 7) is 10.2. The standard InChI is InChI=1S/C25H31N3O2/c1-17(2)20-24(30)28(16-18-12-8-6-9-13-18)22(23(29)27-25(3,4)5)21(26-20)19-14-10-7-11-15-19/h6-15,17,20,26H,16H2,1-5H3,(H,27,29)/t20-/m0/s1. The van der Waals surface area contributed by atoms with E-state index in [0.29, 0.717) is 17.9 Å². The Hall–Kier alpha value is -3.08. The van der Waals surface area contributed by atoms with E-state index in [1.807, 2.05) is 95.3 Å². The van der Waals surface area contributed by atoms with Gasteiger partial charge in [-0.25, -0.2) is 0 Å². The second-order valence-corrected chi connectivity index (χ2v) is 9.07. The number of amides is 2. The molecule has 1 atom stereocenters. The second kappa shape index (κ2) is 8.74. The van der Waals surface area contributed by atoms with Gasteiger partial charge in [0.2, 0.25) is 5.91 Å². The van der Waals surface area contributed by atoms with Gasteiger partial charge in [0.05, 0.1) is 12.2 Å². The van der Waals surface area contributed by atoms with Crippen LogP contribution in [0.5, 0.6) is 0 Å². The van der Waals surface area contributed by atoms with Crippen LogP contribution in [0.15, 0.2) is 66.4 Å². The average Bonchev–Trinajstić information content (AvgIpc) is 2.69. The van der Waals surface area contributed by atoms with Crippen molar-refractivity contribution in [3.63, 3.8) is 0 Å². The third kappa shape index (κ3) is 4.90. The summed E-state index contributed by atoms with van der Waals surface area (Å²) >= 11 is 0. The molecule has 0 aromatic heterocycles. The first kappa shape index (κ1) is 21.6. The highest BCUT2D eigenvalue weighted by atomic mass is 16.2. The van der Waals surface area contributed by atoms with Crippen LogP contribution in [0.1, 0.15) is 45.7 Å². The molecule has 2 amide bonds. The molecule has 2 aromatic rings. The molecule has 0 bridgehead atoms. The van der Waals surface area contributed by atoms with E-state index in [2.05, 4.69) is 10.6 Å². The Kier molecular flexibility index (Phi) is 6.30. The summed E-state index contributed by atoms with van der Waals surface area (Å²) in [7, 11) is 0. The van der Waals surface area contributed by atoms with Crippen molar-refractivity contribution in [1.82, 2.24) is 15.5 Å². The molecular weight excluding hydrogens is 374 g/mol. The number of nitrogens with zero attached hydrogens (tertiary/aromatic N) is 1. The van der Waals surface area contributed by atoms with Crippen LogP contribution >= 0.6 is 0 Å². The van der Waals surface area contributed by atoms with E-state index in [0.717, 1.165) is 11.1 Å². The number of carbonyl (C=O) groups excluding carboxylic acids is 2. The zero-order valence-corrected chi connectivity index (χ0v) is 18.4. The van der Waals surface area contributed by atoms with Gasteiger partial charge in [0, 0.05) is 5.54 Å². The van der Waals surface area contributed by atoms with Crippen molar-refractivity contribution >= 4 is 17.5 Å². The molecule has 1 heterocycles. The number of carbonyl (C=O) groups is 2. The van der Waals surface area contributed by atoms with Crippen molar-refractivity contribution in [1.29, 1.82) is 0 Å². The van der Waals surface area contributed by atoms with Gasteiger partial charge in [-0.2, -0.15) is 0 Å². The quantitative estimate of drug-likeness (QED) is 0.792. The van der Waals surface area contributed by atoms with Gasteiger partial charge >= 0.3 is 0 Å². The van der Waals surface area contributed by atoms with Crippen molar-refractivity contribution in [3.05, 3.63) is 77.5 Å². The minimum absolute atomic E-state index is 0.0710. The van der Waals surface area contributed by atoms with Crippen LogP contribution in [0.25, 0.3) is 5.70 Å². The summed E-state index contributed by atoms with van der Waals surface area (Å²) in [6, 6.07) is 19.1. The van der Waals surface area contributed by atoms with Crippen LogP contribution in [-0.2, 0) is 16.1 Å². The fraction of sp³-hybridized carbons (Fsp3) is 0.360. The van der Waals surface area contributed by atoms with Crippen LogP contribution in [0.3, 0.4) is 0 Å².